The van der Waals surface area contributed by atoms with Gasteiger partial charge < -0.3 is 9.64 Å². The Morgan fingerprint density at radius 3 is 2.81 bits per heavy atom. The molecule has 0 aliphatic carbocycles. The van der Waals surface area contributed by atoms with Crippen LogP contribution >= 0.6 is 11.3 Å². The van der Waals surface area contributed by atoms with Gasteiger partial charge in [0.1, 0.15) is 12.4 Å². The number of anilines is 1. The van der Waals surface area contributed by atoms with Crippen LogP contribution in [-0.2, 0) is 0 Å². The highest BCUT2D eigenvalue weighted by Gasteiger charge is 2.03. The van der Waals surface area contributed by atoms with Gasteiger partial charge in [-0.2, -0.15) is 5.10 Å². The second kappa shape index (κ2) is 9.12. The normalized spacial score (nSPS) is 11.2. The Hall–Kier alpha value is -2.70. The zero-order valence-electron chi connectivity index (χ0n) is 14.9. The van der Waals surface area contributed by atoms with Crippen molar-refractivity contribution < 1.29 is 4.74 Å². The molecular weight excluding hydrogens is 344 g/mol. The molecule has 1 N–H and O–H groups in total. The third-order valence-corrected chi connectivity index (χ3v) is 4.36. The van der Waals surface area contributed by atoms with Gasteiger partial charge in [-0.05, 0) is 31.8 Å². The van der Waals surface area contributed by atoms with Crippen LogP contribution in [0, 0.1) is 0 Å². The van der Waals surface area contributed by atoms with Crippen LogP contribution in [0.2, 0.25) is 0 Å². The lowest BCUT2D eigenvalue weighted by atomic mass is 10.2. The third-order valence-electron chi connectivity index (χ3n) is 3.61. The molecule has 26 heavy (non-hydrogen) atoms. The lowest BCUT2D eigenvalue weighted by Gasteiger charge is -2.11. The molecule has 134 valence electrons. The molecule has 3 rings (SSSR count). The first kappa shape index (κ1) is 18.1. The van der Waals surface area contributed by atoms with Gasteiger partial charge in [-0.1, -0.05) is 42.5 Å². The van der Waals surface area contributed by atoms with Gasteiger partial charge >= 0.3 is 0 Å². The maximum atomic E-state index is 5.74. The predicted octanol–water partition coefficient (Wildman–Crippen LogP) is 4.20. The first-order chi connectivity index (χ1) is 12.7. The van der Waals surface area contributed by atoms with Crippen molar-refractivity contribution >= 4 is 22.7 Å². The Kier molecular flexibility index (Phi) is 6.35. The summed E-state index contributed by atoms with van der Waals surface area (Å²) in [5, 5.41) is 7.06. The number of hydrogen-bond acceptors (Lipinski definition) is 6. The highest BCUT2D eigenvalue weighted by Crippen LogP contribution is 2.24. The number of nitrogens with zero attached hydrogens (tertiary/aromatic N) is 3. The quantitative estimate of drug-likeness (QED) is 0.480. The number of hydrazone groups is 1. The van der Waals surface area contributed by atoms with E-state index in [2.05, 4.69) is 20.4 Å². The van der Waals surface area contributed by atoms with Gasteiger partial charge in [0.15, 0.2) is 0 Å². The third kappa shape index (κ3) is 5.40. The molecule has 0 spiro atoms. The molecule has 0 radical (unpaired) electrons. The molecule has 2 aromatic carbocycles. The van der Waals surface area contributed by atoms with E-state index in [-0.39, 0.29) is 0 Å². The van der Waals surface area contributed by atoms with Crippen LogP contribution < -0.4 is 10.2 Å². The Bertz CT molecular complexity index is 846. The molecule has 0 bridgehead atoms. The first-order valence-corrected chi connectivity index (χ1v) is 9.26. The van der Waals surface area contributed by atoms with Crippen LogP contribution in [0.25, 0.3) is 11.3 Å². The Balaban J connectivity index is 1.56. The number of ether oxygens (including phenoxy) is 1. The molecule has 0 atom stereocenters. The van der Waals surface area contributed by atoms with Crippen molar-refractivity contribution in [3.8, 4) is 17.0 Å². The monoisotopic (exact) mass is 366 g/mol. The van der Waals surface area contributed by atoms with Crippen LogP contribution in [0.15, 0.2) is 65.1 Å². The highest BCUT2D eigenvalue weighted by molar-refractivity contribution is 7.14. The van der Waals surface area contributed by atoms with Gasteiger partial charge in [-0.15, -0.1) is 11.3 Å². The van der Waals surface area contributed by atoms with Gasteiger partial charge in [-0.3, -0.25) is 5.43 Å². The van der Waals surface area contributed by atoms with Crippen molar-refractivity contribution in [2.45, 2.75) is 0 Å². The van der Waals surface area contributed by atoms with Crippen molar-refractivity contribution in [3.63, 3.8) is 0 Å². The summed E-state index contributed by atoms with van der Waals surface area (Å²) >= 11 is 1.53. The second-order valence-electron chi connectivity index (χ2n) is 6.00. The first-order valence-electron chi connectivity index (χ1n) is 8.38. The molecule has 0 saturated carbocycles. The maximum absolute atomic E-state index is 5.74. The molecule has 6 heteroatoms. The van der Waals surface area contributed by atoms with Crippen molar-refractivity contribution in [2.75, 3.05) is 32.7 Å². The molecule has 0 saturated heterocycles. The standard InChI is InChI=1S/C20H22N4OS/c1-24(2)11-12-25-18-10-6-7-16(13-18)14-21-23-20-22-19(15-26-20)17-8-4-3-5-9-17/h3-10,13-15H,11-12H2,1-2H3,(H,22,23). The molecule has 0 amide bonds. The minimum absolute atomic E-state index is 0.660. The fourth-order valence-electron chi connectivity index (χ4n) is 2.26. The lowest BCUT2D eigenvalue weighted by molar-refractivity contribution is 0.261. The minimum atomic E-state index is 0.660. The fourth-order valence-corrected chi connectivity index (χ4v) is 2.93. The van der Waals surface area contributed by atoms with E-state index in [1.165, 1.54) is 11.3 Å². The molecule has 0 fully saturated rings. The van der Waals surface area contributed by atoms with E-state index < -0.39 is 0 Å². The number of hydrogen-bond donors (Lipinski definition) is 1. The summed E-state index contributed by atoms with van der Waals surface area (Å²) in [4.78, 5) is 6.64. The molecule has 0 aliphatic heterocycles. The van der Waals surface area contributed by atoms with E-state index in [0.29, 0.717) is 6.61 Å². The zero-order chi connectivity index (χ0) is 18.2. The summed E-state index contributed by atoms with van der Waals surface area (Å²) in [6, 6.07) is 18.0. The predicted molar refractivity (Wildman–Crippen MR) is 109 cm³/mol. The van der Waals surface area contributed by atoms with Gasteiger partial charge in [0.25, 0.3) is 0 Å². The molecule has 1 heterocycles. The van der Waals surface area contributed by atoms with E-state index in [0.717, 1.165) is 34.2 Å². The summed E-state index contributed by atoms with van der Waals surface area (Å²) in [6.07, 6.45) is 1.77. The van der Waals surface area contributed by atoms with E-state index >= 15 is 0 Å². The molecular formula is C20H22N4OS. The second-order valence-corrected chi connectivity index (χ2v) is 6.86. The van der Waals surface area contributed by atoms with Crippen LogP contribution in [0.4, 0.5) is 5.13 Å². The van der Waals surface area contributed by atoms with Gasteiger partial charge in [-0.25, -0.2) is 4.98 Å². The number of likely N-dealkylation sites (N-methyl/N-ethyl adjacent to an activating group) is 1. The summed E-state index contributed by atoms with van der Waals surface area (Å²) in [6.45, 7) is 1.54. The Labute approximate surface area is 158 Å². The van der Waals surface area contributed by atoms with Crippen LogP contribution in [0.5, 0.6) is 5.75 Å². The largest absolute Gasteiger partial charge is 0.492 e. The van der Waals surface area contributed by atoms with E-state index in [4.69, 9.17) is 4.74 Å². The Morgan fingerprint density at radius 2 is 2.00 bits per heavy atom. The van der Waals surface area contributed by atoms with Gasteiger partial charge in [0.05, 0.1) is 11.9 Å². The smallest absolute Gasteiger partial charge is 0.203 e. The summed E-state index contributed by atoms with van der Waals surface area (Å²) in [7, 11) is 4.06. The van der Waals surface area contributed by atoms with Crippen molar-refractivity contribution in [2.24, 2.45) is 5.10 Å². The number of benzene rings is 2. The minimum Gasteiger partial charge on any atom is -0.492 e. The molecule has 5 nitrogen and oxygen atoms in total. The summed E-state index contributed by atoms with van der Waals surface area (Å²) in [5.74, 6) is 0.844. The van der Waals surface area contributed by atoms with Crippen LogP contribution in [-0.4, -0.2) is 43.3 Å². The molecule has 0 unspecified atom stereocenters. The fraction of sp³-hybridized carbons (Fsp3) is 0.200. The van der Waals surface area contributed by atoms with Crippen LogP contribution in [0.3, 0.4) is 0 Å². The number of thiazole rings is 1. The average Bonchev–Trinajstić information content (AvgIpc) is 3.12. The van der Waals surface area contributed by atoms with E-state index in [1.54, 1.807) is 6.21 Å². The van der Waals surface area contributed by atoms with Crippen molar-refractivity contribution in [1.82, 2.24) is 9.88 Å². The van der Waals surface area contributed by atoms with E-state index in [9.17, 15) is 0 Å². The highest BCUT2D eigenvalue weighted by atomic mass is 32.1. The zero-order valence-corrected chi connectivity index (χ0v) is 15.7. The number of nitrogens with one attached hydrogen (secondary N) is 1. The maximum Gasteiger partial charge on any atom is 0.203 e. The van der Waals surface area contributed by atoms with Crippen molar-refractivity contribution in [1.29, 1.82) is 0 Å². The number of aromatic nitrogens is 1. The van der Waals surface area contributed by atoms with Crippen LogP contribution in [0.1, 0.15) is 5.56 Å². The number of rotatable bonds is 8. The lowest BCUT2D eigenvalue weighted by Crippen LogP contribution is -2.19. The van der Waals surface area contributed by atoms with Gasteiger partial charge in [0.2, 0.25) is 5.13 Å². The molecule has 1 aromatic heterocycles. The average molecular weight is 366 g/mol. The molecule has 3 aromatic rings. The topological polar surface area (TPSA) is 49.8 Å². The summed E-state index contributed by atoms with van der Waals surface area (Å²) in [5.41, 5.74) is 6.01. The Morgan fingerprint density at radius 1 is 1.15 bits per heavy atom. The van der Waals surface area contributed by atoms with Crippen molar-refractivity contribution in [3.05, 3.63) is 65.5 Å². The van der Waals surface area contributed by atoms with E-state index in [1.807, 2.05) is 74.1 Å². The SMILES string of the molecule is CN(C)CCOc1cccc(C=NNc2nc(-c3ccccc3)cs2)c1. The van der Waals surface area contributed by atoms with Gasteiger partial charge in [0, 0.05) is 17.5 Å². The molecule has 0 aliphatic rings. The summed E-state index contributed by atoms with van der Waals surface area (Å²) < 4.78 is 5.74.